The van der Waals surface area contributed by atoms with Gasteiger partial charge < -0.3 is 19.3 Å². The number of hydrogen-bond donors (Lipinski definition) is 1. The van der Waals surface area contributed by atoms with Crippen LogP contribution in [0.15, 0.2) is 66.7 Å². The zero-order valence-electron chi connectivity index (χ0n) is 17.1. The van der Waals surface area contributed by atoms with Gasteiger partial charge in [0.25, 0.3) is 5.69 Å². The molecule has 0 bridgehead atoms. The molecule has 0 saturated heterocycles. The van der Waals surface area contributed by atoms with E-state index in [0.29, 0.717) is 28.4 Å². The molecule has 31 heavy (non-hydrogen) atoms. The molecule has 0 aliphatic carbocycles. The lowest BCUT2D eigenvalue weighted by molar-refractivity contribution is -0.385. The van der Waals surface area contributed by atoms with Gasteiger partial charge in [-0.25, -0.2) is 0 Å². The fourth-order valence-electron chi connectivity index (χ4n) is 3.52. The van der Waals surface area contributed by atoms with E-state index < -0.39 is 11.0 Å². The first-order chi connectivity index (χ1) is 15.0. The van der Waals surface area contributed by atoms with Crippen molar-refractivity contribution in [2.45, 2.75) is 19.6 Å². The highest BCUT2D eigenvalue weighted by Crippen LogP contribution is 2.37. The molecule has 4 rings (SSSR count). The van der Waals surface area contributed by atoms with Gasteiger partial charge in [-0.2, -0.15) is 0 Å². The van der Waals surface area contributed by atoms with Gasteiger partial charge in [-0.05, 0) is 48.9 Å². The van der Waals surface area contributed by atoms with Crippen molar-refractivity contribution in [3.63, 3.8) is 0 Å². The van der Waals surface area contributed by atoms with Gasteiger partial charge in [-0.1, -0.05) is 18.2 Å². The van der Waals surface area contributed by atoms with Crippen LogP contribution in [0.5, 0.6) is 17.2 Å². The Morgan fingerprint density at radius 3 is 2.68 bits per heavy atom. The van der Waals surface area contributed by atoms with Crippen LogP contribution in [-0.2, 0) is 6.61 Å². The number of nitrogens with zero attached hydrogens (tertiary/aromatic N) is 1. The number of benzene rings is 3. The molecule has 7 heteroatoms. The highest BCUT2D eigenvalue weighted by Gasteiger charge is 2.22. The molecule has 1 aliphatic heterocycles. The Labute approximate surface area is 179 Å². The summed E-state index contributed by atoms with van der Waals surface area (Å²) in [5.74, 6) is 1.95. The van der Waals surface area contributed by atoms with Crippen molar-refractivity contribution in [3.8, 4) is 17.2 Å². The van der Waals surface area contributed by atoms with Crippen LogP contribution in [-0.4, -0.2) is 17.1 Å². The molecule has 0 radical (unpaired) electrons. The fourth-order valence-corrected chi connectivity index (χ4v) is 3.52. The number of hydrogen-bond acceptors (Lipinski definition) is 6. The standard InChI is InChI=1S/C24H21NO6/c1-15-11-18(8-9-20(15)25(27)28)30-14-17-12-16(7-10-22(17)29-2)24-13-21(26)19-5-3-4-6-23(19)31-24/h3-13,24,26H,14H2,1-2H3/t24-/m0/s1. The molecule has 7 nitrogen and oxygen atoms in total. The zero-order valence-corrected chi connectivity index (χ0v) is 17.1. The average molecular weight is 419 g/mol. The van der Waals surface area contributed by atoms with Crippen molar-refractivity contribution in [2.75, 3.05) is 7.11 Å². The number of fused-ring (bicyclic) bond motifs is 1. The zero-order chi connectivity index (χ0) is 22.0. The lowest BCUT2D eigenvalue weighted by Crippen LogP contribution is -2.12. The van der Waals surface area contributed by atoms with Gasteiger partial charge >= 0.3 is 0 Å². The second kappa shape index (κ2) is 8.39. The van der Waals surface area contributed by atoms with Crippen molar-refractivity contribution in [3.05, 3.63) is 99.1 Å². The summed E-state index contributed by atoms with van der Waals surface area (Å²) in [4.78, 5) is 10.6. The third kappa shape index (κ3) is 4.16. The Kier molecular flexibility index (Phi) is 5.49. The molecule has 1 atom stereocenters. The molecule has 0 unspecified atom stereocenters. The quantitative estimate of drug-likeness (QED) is 0.418. The minimum atomic E-state index is -0.457. The predicted molar refractivity (Wildman–Crippen MR) is 116 cm³/mol. The van der Waals surface area contributed by atoms with E-state index >= 15 is 0 Å². The van der Waals surface area contributed by atoms with Gasteiger partial charge in [0.2, 0.25) is 0 Å². The van der Waals surface area contributed by atoms with E-state index in [1.807, 2.05) is 36.4 Å². The molecule has 1 aliphatic rings. The number of nitro benzene ring substituents is 1. The monoisotopic (exact) mass is 419 g/mol. The summed E-state index contributed by atoms with van der Waals surface area (Å²) in [6, 6.07) is 17.6. The molecule has 0 spiro atoms. The second-order valence-electron chi connectivity index (χ2n) is 7.15. The third-order valence-electron chi connectivity index (χ3n) is 5.12. The molecule has 158 valence electrons. The van der Waals surface area contributed by atoms with Gasteiger partial charge in [-0.3, -0.25) is 10.1 Å². The van der Waals surface area contributed by atoms with Crippen LogP contribution in [0.1, 0.15) is 28.4 Å². The van der Waals surface area contributed by atoms with E-state index in [1.54, 1.807) is 38.3 Å². The van der Waals surface area contributed by atoms with E-state index in [9.17, 15) is 15.2 Å². The molecule has 0 fully saturated rings. The minimum Gasteiger partial charge on any atom is -0.507 e. The largest absolute Gasteiger partial charge is 0.507 e. The summed E-state index contributed by atoms with van der Waals surface area (Å²) in [6.07, 6.45) is 1.20. The predicted octanol–water partition coefficient (Wildman–Crippen LogP) is 5.52. The highest BCUT2D eigenvalue weighted by molar-refractivity contribution is 5.67. The summed E-state index contributed by atoms with van der Waals surface area (Å²) in [5.41, 5.74) is 2.85. The maximum Gasteiger partial charge on any atom is 0.272 e. The molecular weight excluding hydrogens is 398 g/mol. The summed E-state index contributed by atoms with van der Waals surface area (Å²) in [6.45, 7) is 1.87. The summed E-state index contributed by atoms with van der Waals surface area (Å²) in [5, 5.41) is 21.4. The van der Waals surface area contributed by atoms with E-state index in [1.165, 1.54) is 6.07 Å². The molecule has 1 N–H and O–H groups in total. The number of rotatable bonds is 6. The average Bonchev–Trinajstić information content (AvgIpc) is 2.77. The van der Waals surface area contributed by atoms with Crippen LogP contribution < -0.4 is 14.2 Å². The van der Waals surface area contributed by atoms with Crippen LogP contribution in [0.3, 0.4) is 0 Å². The van der Waals surface area contributed by atoms with Crippen molar-refractivity contribution in [2.24, 2.45) is 0 Å². The number of aliphatic hydroxyl groups excluding tert-OH is 1. The van der Waals surface area contributed by atoms with Gasteiger partial charge in [0, 0.05) is 23.3 Å². The Balaban J connectivity index is 1.57. The summed E-state index contributed by atoms with van der Waals surface area (Å²) >= 11 is 0. The first kappa shape index (κ1) is 20.3. The van der Waals surface area contributed by atoms with Crippen LogP contribution in [0.2, 0.25) is 0 Å². The normalized spacial score (nSPS) is 14.8. The molecule has 3 aromatic carbocycles. The molecule has 1 heterocycles. The van der Waals surface area contributed by atoms with E-state index in [-0.39, 0.29) is 18.1 Å². The van der Waals surface area contributed by atoms with Crippen LogP contribution in [0, 0.1) is 17.0 Å². The van der Waals surface area contributed by atoms with Crippen LogP contribution >= 0.6 is 0 Å². The summed E-state index contributed by atoms with van der Waals surface area (Å²) in [7, 11) is 1.58. The highest BCUT2D eigenvalue weighted by atomic mass is 16.6. The first-order valence-electron chi connectivity index (χ1n) is 9.68. The van der Waals surface area contributed by atoms with Crippen LogP contribution in [0.4, 0.5) is 5.69 Å². The van der Waals surface area contributed by atoms with Crippen molar-refractivity contribution in [1.82, 2.24) is 0 Å². The van der Waals surface area contributed by atoms with E-state index in [4.69, 9.17) is 14.2 Å². The van der Waals surface area contributed by atoms with Crippen LogP contribution in [0.25, 0.3) is 5.76 Å². The topological polar surface area (TPSA) is 91.1 Å². The van der Waals surface area contributed by atoms with Gasteiger partial charge in [0.15, 0.2) is 0 Å². The van der Waals surface area contributed by atoms with Crippen molar-refractivity contribution < 1.29 is 24.2 Å². The Morgan fingerprint density at radius 2 is 1.94 bits per heavy atom. The molecular formula is C24H21NO6. The molecule has 0 amide bonds. The molecule has 0 aromatic heterocycles. The number of ether oxygens (including phenoxy) is 3. The summed E-state index contributed by atoms with van der Waals surface area (Å²) < 4.78 is 17.4. The van der Waals surface area contributed by atoms with Gasteiger partial charge in [0.1, 0.15) is 35.7 Å². The van der Waals surface area contributed by atoms with Crippen molar-refractivity contribution in [1.29, 1.82) is 0 Å². The second-order valence-corrected chi connectivity index (χ2v) is 7.15. The van der Waals surface area contributed by atoms with Gasteiger partial charge in [0.05, 0.1) is 17.6 Å². The molecule has 0 saturated carbocycles. The van der Waals surface area contributed by atoms with Crippen molar-refractivity contribution >= 4 is 11.4 Å². The third-order valence-corrected chi connectivity index (χ3v) is 5.12. The number of aryl methyl sites for hydroxylation is 1. The Hall–Kier alpha value is -4.00. The number of nitro groups is 1. The van der Waals surface area contributed by atoms with E-state index in [0.717, 1.165) is 11.1 Å². The number of para-hydroxylation sites is 1. The smallest absolute Gasteiger partial charge is 0.272 e. The maximum absolute atomic E-state index is 11.0. The lowest BCUT2D eigenvalue weighted by Gasteiger charge is -2.24. The lowest BCUT2D eigenvalue weighted by atomic mass is 10.0. The Morgan fingerprint density at radius 1 is 1.13 bits per heavy atom. The fraction of sp³-hybridized carbons (Fsp3) is 0.167. The first-order valence-corrected chi connectivity index (χ1v) is 9.68. The van der Waals surface area contributed by atoms with Gasteiger partial charge in [-0.15, -0.1) is 0 Å². The maximum atomic E-state index is 11.0. The number of methoxy groups -OCH3 is 1. The Bertz CT molecular complexity index is 1170. The van der Waals surface area contributed by atoms with E-state index in [2.05, 4.69) is 0 Å². The minimum absolute atomic E-state index is 0.0493. The molecule has 3 aromatic rings. The number of aliphatic hydroxyl groups is 1. The SMILES string of the molecule is COc1ccc([C@@H]2C=C(O)c3ccccc3O2)cc1COc1ccc([N+](=O)[O-])c(C)c1.